The first kappa shape index (κ1) is 21.6. The van der Waals surface area contributed by atoms with Gasteiger partial charge in [-0.1, -0.05) is 13.0 Å². The largest absolute Gasteiger partial charge is 0.492 e. The molecule has 2 N–H and O–H groups in total. The number of hydrogen-bond acceptors (Lipinski definition) is 7. The van der Waals surface area contributed by atoms with E-state index in [4.69, 9.17) is 19.3 Å². The molecular formula is C22H24N2O5S. The van der Waals surface area contributed by atoms with Gasteiger partial charge in [-0.05, 0) is 42.8 Å². The molecule has 1 amide bonds. The Morgan fingerprint density at radius 2 is 1.93 bits per heavy atom. The molecule has 30 heavy (non-hydrogen) atoms. The van der Waals surface area contributed by atoms with Gasteiger partial charge in [0.15, 0.2) is 16.6 Å². The Labute approximate surface area is 179 Å². The topological polar surface area (TPSA) is 89.9 Å². The summed E-state index contributed by atoms with van der Waals surface area (Å²) < 4.78 is 16.6. The lowest BCUT2D eigenvalue weighted by molar-refractivity contribution is 0.102. The number of carbonyl (C=O) groups excluding carboxylic acids is 1. The van der Waals surface area contributed by atoms with E-state index in [1.807, 2.05) is 30.5 Å². The standard InChI is InChI=1S/C22H24N2O5S/c1-3-12-29-19-6-4-5-17(20(19)27-2)18-14-30-22(23-18)24-21(26)15-7-9-16(10-8-15)28-13-11-25/h4-10,14,25H,3,11-13H2,1-2H3,(H,23,24,26). The number of methoxy groups -OCH3 is 1. The summed E-state index contributed by atoms with van der Waals surface area (Å²) in [7, 11) is 1.60. The Kier molecular flexibility index (Phi) is 7.64. The fourth-order valence-electron chi connectivity index (χ4n) is 2.74. The van der Waals surface area contributed by atoms with Crippen LogP contribution >= 0.6 is 11.3 Å². The lowest BCUT2D eigenvalue weighted by Crippen LogP contribution is -2.11. The Morgan fingerprint density at radius 3 is 2.63 bits per heavy atom. The highest BCUT2D eigenvalue weighted by molar-refractivity contribution is 7.14. The molecule has 0 radical (unpaired) electrons. The number of rotatable bonds is 10. The number of para-hydroxylation sites is 1. The van der Waals surface area contributed by atoms with E-state index in [2.05, 4.69) is 10.3 Å². The van der Waals surface area contributed by atoms with Crippen LogP contribution in [-0.2, 0) is 0 Å². The minimum Gasteiger partial charge on any atom is -0.492 e. The summed E-state index contributed by atoms with van der Waals surface area (Å²) in [4.78, 5) is 17.0. The summed E-state index contributed by atoms with van der Waals surface area (Å²) in [5.74, 6) is 1.61. The minimum absolute atomic E-state index is 0.0625. The highest BCUT2D eigenvalue weighted by Gasteiger charge is 2.16. The molecule has 2 aromatic carbocycles. The number of amides is 1. The molecule has 158 valence electrons. The van der Waals surface area contributed by atoms with Crippen molar-refractivity contribution >= 4 is 22.4 Å². The first-order valence-corrected chi connectivity index (χ1v) is 10.4. The van der Waals surface area contributed by atoms with E-state index in [0.717, 1.165) is 12.0 Å². The number of ether oxygens (including phenoxy) is 3. The van der Waals surface area contributed by atoms with E-state index in [9.17, 15) is 4.79 Å². The van der Waals surface area contributed by atoms with Crippen LogP contribution in [0.1, 0.15) is 23.7 Å². The smallest absolute Gasteiger partial charge is 0.257 e. The molecule has 0 unspecified atom stereocenters. The number of aliphatic hydroxyl groups excluding tert-OH is 1. The minimum atomic E-state index is -0.267. The number of thiazole rings is 1. The number of nitrogens with zero attached hydrogens (tertiary/aromatic N) is 1. The SMILES string of the molecule is CCCOc1cccc(-c2csc(NC(=O)c3ccc(OCCO)cc3)n2)c1OC. The van der Waals surface area contributed by atoms with Gasteiger partial charge in [0.2, 0.25) is 0 Å². The number of aliphatic hydroxyl groups is 1. The number of anilines is 1. The summed E-state index contributed by atoms with van der Waals surface area (Å²) >= 11 is 1.33. The van der Waals surface area contributed by atoms with E-state index < -0.39 is 0 Å². The normalized spacial score (nSPS) is 10.5. The molecule has 3 rings (SSSR count). The van der Waals surface area contributed by atoms with Gasteiger partial charge in [0.05, 0.1) is 26.0 Å². The zero-order valence-electron chi connectivity index (χ0n) is 16.9. The van der Waals surface area contributed by atoms with Crippen LogP contribution in [0.2, 0.25) is 0 Å². The number of aromatic nitrogens is 1. The molecule has 0 aliphatic carbocycles. The van der Waals surface area contributed by atoms with Crippen LogP contribution in [-0.4, -0.2) is 42.9 Å². The van der Waals surface area contributed by atoms with Gasteiger partial charge in [-0.3, -0.25) is 10.1 Å². The molecule has 7 nitrogen and oxygen atoms in total. The Balaban J connectivity index is 1.73. The predicted molar refractivity (Wildman–Crippen MR) is 117 cm³/mol. The average molecular weight is 429 g/mol. The van der Waals surface area contributed by atoms with Crippen LogP contribution in [0.5, 0.6) is 17.2 Å². The molecule has 0 atom stereocenters. The van der Waals surface area contributed by atoms with E-state index in [1.165, 1.54) is 11.3 Å². The fourth-order valence-corrected chi connectivity index (χ4v) is 3.45. The summed E-state index contributed by atoms with van der Waals surface area (Å²) in [6.07, 6.45) is 0.898. The molecule has 1 aromatic heterocycles. The van der Waals surface area contributed by atoms with Crippen molar-refractivity contribution in [2.45, 2.75) is 13.3 Å². The summed E-state index contributed by atoms with van der Waals surface area (Å²) in [5, 5.41) is 14.0. The van der Waals surface area contributed by atoms with Gasteiger partial charge < -0.3 is 19.3 Å². The first-order chi connectivity index (χ1) is 14.7. The third kappa shape index (κ3) is 5.28. The zero-order valence-corrected chi connectivity index (χ0v) is 17.7. The second-order valence-corrected chi connectivity index (χ2v) is 7.13. The molecule has 0 aliphatic heterocycles. The number of benzene rings is 2. The van der Waals surface area contributed by atoms with Crippen LogP contribution in [0.4, 0.5) is 5.13 Å². The Morgan fingerprint density at radius 1 is 1.13 bits per heavy atom. The molecule has 0 fully saturated rings. The monoisotopic (exact) mass is 428 g/mol. The van der Waals surface area contributed by atoms with Gasteiger partial charge in [-0.2, -0.15) is 0 Å². The molecule has 8 heteroatoms. The fraction of sp³-hybridized carbons (Fsp3) is 0.273. The average Bonchev–Trinajstić information content (AvgIpc) is 3.24. The molecule has 0 bridgehead atoms. The van der Waals surface area contributed by atoms with E-state index in [1.54, 1.807) is 31.4 Å². The highest BCUT2D eigenvalue weighted by Crippen LogP contribution is 2.39. The van der Waals surface area contributed by atoms with Crippen molar-refractivity contribution in [3.63, 3.8) is 0 Å². The second-order valence-electron chi connectivity index (χ2n) is 6.27. The van der Waals surface area contributed by atoms with E-state index in [0.29, 0.717) is 40.2 Å². The number of hydrogen-bond donors (Lipinski definition) is 2. The van der Waals surface area contributed by atoms with Crippen molar-refractivity contribution in [2.75, 3.05) is 32.2 Å². The van der Waals surface area contributed by atoms with Crippen molar-refractivity contribution < 1.29 is 24.1 Å². The third-order valence-corrected chi connectivity index (χ3v) is 4.88. The Hall–Kier alpha value is -3.10. The zero-order chi connectivity index (χ0) is 21.3. The highest BCUT2D eigenvalue weighted by atomic mass is 32.1. The quantitative estimate of drug-likeness (QED) is 0.502. The molecule has 3 aromatic rings. The maximum atomic E-state index is 12.5. The van der Waals surface area contributed by atoms with E-state index in [-0.39, 0.29) is 19.1 Å². The van der Waals surface area contributed by atoms with Crippen molar-refractivity contribution in [1.82, 2.24) is 4.98 Å². The van der Waals surface area contributed by atoms with Crippen LogP contribution < -0.4 is 19.5 Å². The molecule has 0 aliphatic rings. The predicted octanol–water partition coefficient (Wildman–Crippen LogP) is 4.23. The summed E-state index contributed by atoms with van der Waals surface area (Å²) in [6, 6.07) is 12.3. The van der Waals surface area contributed by atoms with Gasteiger partial charge in [0.25, 0.3) is 5.91 Å². The summed E-state index contributed by atoms with van der Waals surface area (Å²) in [6.45, 7) is 2.79. The van der Waals surface area contributed by atoms with Crippen molar-refractivity contribution in [2.24, 2.45) is 0 Å². The number of nitrogens with one attached hydrogen (secondary N) is 1. The number of carbonyl (C=O) groups is 1. The summed E-state index contributed by atoms with van der Waals surface area (Å²) in [5.41, 5.74) is 1.98. The van der Waals surface area contributed by atoms with Gasteiger partial charge in [0.1, 0.15) is 12.4 Å². The van der Waals surface area contributed by atoms with Crippen LogP contribution in [0.25, 0.3) is 11.3 Å². The van der Waals surface area contributed by atoms with Crippen LogP contribution in [0.15, 0.2) is 47.8 Å². The van der Waals surface area contributed by atoms with Crippen molar-refractivity contribution in [3.8, 4) is 28.5 Å². The molecule has 0 saturated heterocycles. The molecular weight excluding hydrogens is 404 g/mol. The Bertz CT molecular complexity index is 972. The van der Waals surface area contributed by atoms with Crippen LogP contribution in [0, 0.1) is 0 Å². The second kappa shape index (κ2) is 10.6. The molecule has 1 heterocycles. The maximum absolute atomic E-state index is 12.5. The lowest BCUT2D eigenvalue weighted by Gasteiger charge is -2.13. The van der Waals surface area contributed by atoms with Gasteiger partial charge in [-0.15, -0.1) is 11.3 Å². The van der Waals surface area contributed by atoms with Crippen LogP contribution in [0.3, 0.4) is 0 Å². The van der Waals surface area contributed by atoms with Gasteiger partial charge in [0, 0.05) is 16.5 Å². The van der Waals surface area contributed by atoms with Gasteiger partial charge >= 0.3 is 0 Å². The van der Waals surface area contributed by atoms with Crippen molar-refractivity contribution in [1.29, 1.82) is 0 Å². The molecule has 0 saturated carbocycles. The van der Waals surface area contributed by atoms with E-state index >= 15 is 0 Å². The van der Waals surface area contributed by atoms with Gasteiger partial charge in [-0.25, -0.2) is 4.98 Å². The third-order valence-electron chi connectivity index (χ3n) is 4.12. The maximum Gasteiger partial charge on any atom is 0.257 e. The molecule has 0 spiro atoms. The van der Waals surface area contributed by atoms with Crippen molar-refractivity contribution in [3.05, 3.63) is 53.4 Å². The first-order valence-electron chi connectivity index (χ1n) is 9.57. The lowest BCUT2D eigenvalue weighted by atomic mass is 10.1.